The van der Waals surface area contributed by atoms with Gasteiger partial charge < -0.3 is 10.6 Å². The van der Waals surface area contributed by atoms with Gasteiger partial charge in [0.15, 0.2) is 5.65 Å². The Labute approximate surface area is 134 Å². The number of anilines is 1. The van der Waals surface area contributed by atoms with E-state index in [1.54, 1.807) is 16.9 Å². The number of carbonyl (C=O) groups excluding carboxylic acids is 1. The van der Waals surface area contributed by atoms with E-state index in [4.69, 9.17) is 0 Å². The molecule has 1 aromatic carbocycles. The summed E-state index contributed by atoms with van der Waals surface area (Å²) in [6, 6.07) is 12.0. The van der Waals surface area contributed by atoms with E-state index in [1.165, 1.54) is 5.56 Å². The van der Waals surface area contributed by atoms with Gasteiger partial charge in [-0.1, -0.05) is 30.3 Å². The van der Waals surface area contributed by atoms with Crippen molar-refractivity contribution in [2.75, 3.05) is 5.32 Å². The monoisotopic (exact) mass is 309 g/mol. The fraction of sp³-hybridized carbons (Fsp3) is 0.235. The minimum atomic E-state index is -0.164. The van der Waals surface area contributed by atoms with Crippen molar-refractivity contribution in [3.05, 3.63) is 59.9 Å². The Balaban J connectivity index is 1.81. The molecule has 2 N–H and O–H groups in total. The van der Waals surface area contributed by atoms with Crippen LogP contribution in [0.25, 0.3) is 5.65 Å². The lowest BCUT2D eigenvalue weighted by Gasteiger charge is -2.08. The van der Waals surface area contributed by atoms with Crippen LogP contribution in [0.15, 0.2) is 48.8 Å². The van der Waals surface area contributed by atoms with Crippen LogP contribution in [-0.2, 0) is 6.54 Å². The highest BCUT2D eigenvalue weighted by atomic mass is 16.1. The van der Waals surface area contributed by atoms with E-state index in [0.29, 0.717) is 23.6 Å². The average molecular weight is 309 g/mol. The predicted molar refractivity (Wildman–Crippen MR) is 89.4 cm³/mol. The Kier molecular flexibility index (Phi) is 4.23. The second-order valence-electron chi connectivity index (χ2n) is 5.61. The largest absolute Gasteiger partial charge is 0.366 e. The second kappa shape index (κ2) is 6.48. The van der Waals surface area contributed by atoms with Crippen molar-refractivity contribution in [3.63, 3.8) is 0 Å². The van der Waals surface area contributed by atoms with Crippen molar-refractivity contribution < 1.29 is 4.79 Å². The van der Waals surface area contributed by atoms with E-state index in [0.717, 1.165) is 0 Å². The number of hydrogen-bond donors (Lipinski definition) is 2. The summed E-state index contributed by atoms with van der Waals surface area (Å²) in [7, 11) is 0. The highest BCUT2D eigenvalue weighted by molar-refractivity contribution is 5.99. The normalized spacial score (nSPS) is 10.9. The third kappa shape index (κ3) is 3.48. The summed E-state index contributed by atoms with van der Waals surface area (Å²) in [6.45, 7) is 4.51. The maximum absolute atomic E-state index is 12.2. The van der Waals surface area contributed by atoms with Gasteiger partial charge in [0.25, 0.3) is 5.91 Å². The minimum absolute atomic E-state index is 0.0665. The zero-order valence-electron chi connectivity index (χ0n) is 13.2. The standard InChI is InChI=1S/C17H19N5O/c1-12(2)20-17(23)14-11-19-22-9-8-15(21-16(14)22)18-10-13-6-4-3-5-7-13/h3-9,11-12H,10H2,1-2H3,(H,18,21)(H,20,23). The summed E-state index contributed by atoms with van der Waals surface area (Å²) < 4.78 is 1.60. The van der Waals surface area contributed by atoms with Gasteiger partial charge in [-0.15, -0.1) is 0 Å². The van der Waals surface area contributed by atoms with E-state index in [1.807, 2.05) is 50.2 Å². The first kappa shape index (κ1) is 15.0. The number of fused-ring (bicyclic) bond motifs is 1. The third-order valence-corrected chi connectivity index (χ3v) is 3.35. The maximum Gasteiger partial charge on any atom is 0.256 e. The summed E-state index contributed by atoms with van der Waals surface area (Å²) in [4.78, 5) is 16.7. The molecule has 0 bridgehead atoms. The molecule has 0 spiro atoms. The molecule has 3 rings (SSSR count). The lowest BCUT2D eigenvalue weighted by atomic mass is 10.2. The van der Waals surface area contributed by atoms with E-state index in [9.17, 15) is 4.79 Å². The zero-order valence-corrected chi connectivity index (χ0v) is 13.2. The summed E-state index contributed by atoms with van der Waals surface area (Å²) in [5.41, 5.74) is 2.18. The number of nitrogens with zero attached hydrogens (tertiary/aromatic N) is 3. The fourth-order valence-electron chi connectivity index (χ4n) is 2.26. The van der Waals surface area contributed by atoms with Crippen molar-refractivity contribution in [1.82, 2.24) is 19.9 Å². The number of carbonyl (C=O) groups is 1. The fourth-order valence-corrected chi connectivity index (χ4v) is 2.26. The van der Waals surface area contributed by atoms with Gasteiger partial charge in [0, 0.05) is 18.8 Å². The Hall–Kier alpha value is -2.89. The first-order valence-electron chi connectivity index (χ1n) is 7.56. The molecular formula is C17H19N5O. The summed E-state index contributed by atoms with van der Waals surface area (Å²) in [6.07, 6.45) is 3.34. The summed E-state index contributed by atoms with van der Waals surface area (Å²) in [5.74, 6) is 0.545. The quantitative estimate of drug-likeness (QED) is 0.759. The Morgan fingerprint density at radius 2 is 2.00 bits per heavy atom. The van der Waals surface area contributed by atoms with E-state index < -0.39 is 0 Å². The highest BCUT2D eigenvalue weighted by Gasteiger charge is 2.15. The molecule has 0 atom stereocenters. The van der Waals surface area contributed by atoms with Crippen LogP contribution in [0, 0.1) is 0 Å². The first-order valence-corrected chi connectivity index (χ1v) is 7.56. The Morgan fingerprint density at radius 1 is 1.22 bits per heavy atom. The molecule has 0 radical (unpaired) electrons. The smallest absolute Gasteiger partial charge is 0.256 e. The van der Waals surface area contributed by atoms with Crippen molar-refractivity contribution in [1.29, 1.82) is 0 Å². The van der Waals surface area contributed by atoms with Crippen molar-refractivity contribution in [2.24, 2.45) is 0 Å². The van der Waals surface area contributed by atoms with E-state index >= 15 is 0 Å². The van der Waals surface area contributed by atoms with Crippen LogP contribution in [0.1, 0.15) is 29.8 Å². The Bertz CT molecular complexity index is 810. The molecular weight excluding hydrogens is 290 g/mol. The number of hydrogen-bond acceptors (Lipinski definition) is 4. The molecule has 6 nitrogen and oxygen atoms in total. The second-order valence-corrected chi connectivity index (χ2v) is 5.61. The van der Waals surface area contributed by atoms with Crippen LogP contribution in [0.5, 0.6) is 0 Å². The van der Waals surface area contributed by atoms with Gasteiger partial charge in [-0.05, 0) is 25.5 Å². The van der Waals surface area contributed by atoms with Crippen molar-refractivity contribution in [3.8, 4) is 0 Å². The molecule has 0 fully saturated rings. The molecule has 0 aliphatic rings. The van der Waals surface area contributed by atoms with E-state index in [2.05, 4.69) is 20.7 Å². The molecule has 1 amide bonds. The summed E-state index contributed by atoms with van der Waals surface area (Å²) >= 11 is 0. The van der Waals surface area contributed by atoms with Crippen LogP contribution in [-0.4, -0.2) is 26.5 Å². The van der Waals surface area contributed by atoms with Gasteiger partial charge in [0.2, 0.25) is 0 Å². The minimum Gasteiger partial charge on any atom is -0.366 e. The maximum atomic E-state index is 12.2. The molecule has 0 unspecified atom stereocenters. The molecule has 118 valence electrons. The zero-order chi connectivity index (χ0) is 16.2. The third-order valence-electron chi connectivity index (χ3n) is 3.35. The molecule has 3 aromatic rings. The molecule has 2 heterocycles. The lowest BCUT2D eigenvalue weighted by Crippen LogP contribution is -2.30. The molecule has 23 heavy (non-hydrogen) atoms. The van der Waals surface area contributed by atoms with Gasteiger partial charge in [-0.2, -0.15) is 5.10 Å². The molecule has 0 saturated carbocycles. The lowest BCUT2D eigenvalue weighted by molar-refractivity contribution is 0.0944. The van der Waals surface area contributed by atoms with Gasteiger partial charge in [0.05, 0.1) is 6.20 Å². The van der Waals surface area contributed by atoms with Crippen LogP contribution in [0.2, 0.25) is 0 Å². The molecule has 0 saturated heterocycles. The number of rotatable bonds is 5. The van der Waals surface area contributed by atoms with Crippen LogP contribution >= 0.6 is 0 Å². The van der Waals surface area contributed by atoms with Crippen LogP contribution in [0.3, 0.4) is 0 Å². The van der Waals surface area contributed by atoms with Gasteiger partial charge in [-0.25, -0.2) is 9.50 Å². The summed E-state index contributed by atoms with van der Waals surface area (Å²) in [5, 5.41) is 10.3. The SMILES string of the molecule is CC(C)NC(=O)c1cnn2ccc(NCc3ccccc3)nc12. The number of nitrogens with one attached hydrogen (secondary N) is 2. The van der Waals surface area contributed by atoms with Crippen molar-refractivity contribution >= 4 is 17.4 Å². The Morgan fingerprint density at radius 3 is 2.74 bits per heavy atom. The van der Waals surface area contributed by atoms with E-state index in [-0.39, 0.29) is 11.9 Å². The molecule has 2 aromatic heterocycles. The van der Waals surface area contributed by atoms with Crippen molar-refractivity contribution in [2.45, 2.75) is 26.4 Å². The molecule has 6 heteroatoms. The first-order chi connectivity index (χ1) is 11.1. The number of amides is 1. The number of benzene rings is 1. The van der Waals surface area contributed by atoms with Gasteiger partial charge in [0.1, 0.15) is 11.4 Å². The van der Waals surface area contributed by atoms with Crippen LogP contribution < -0.4 is 10.6 Å². The van der Waals surface area contributed by atoms with Gasteiger partial charge in [-0.3, -0.25) is 4.79 Å². The van der Waals surface area contributed by atoms with Gasteiger partial charge >= 0.3 is 0 Å². The highest BCUT2D eigenvalue weighted by Crippen LogP contribution is 2.13. The van der Waals surface area contributed by atoms with Crippen LogP contribution in [0.4, 0.5) is 5.82 Å². The molecule has 0 aliphatic carbocycles. The molecule has 0 aliphatic heterocycles. The topological polar surface area (TPSA) is 71.3 Å². The average Bonchev–Trinajstić information content (AvgIpc) is 2.96. The predicted octanol–water partition coefficient (Wildman–Crippen LogP) is 2.48. The number of aromatic nitrogens is 3.